The molecule has 1 atom stereocenters. The number of aliphatic hydroxyl groups excluding tert-OH is 1. The maximum Gasteiger partial charge on any atom is 0.0900 e. The number of aliphatic hydroxyl groups is 1. The van der Waals surface area contributed by atoms with E-state index in [4.69, 9.17) is 11.6 Å². The van der Waals surface area contributed by atoms with Gasteiger partial charge in [-0.05, 0) is 30.7 Å². The minimum atomic E-state index is -0.572. The summed E-state index contributed by atoms with van der Waals surface area (Å²) in [4.78, 5) is 0. The second-order valence-electron chi connectivity index (χ2n) is 2.85. The predicted octanol–water partition coefficient (Wildman–Crippen LogP) is 3.55. The Morgan fingerprint density at radius 2 is 2.21 bits per heavy atom. The molecule has 0 spiro atoms. The highest BCUT2D eigenvalue weighted by atomic mass is 79.9. The summed E-state index contributed by atoms with van der Waals surface area (Å²) in [6.45, 7) is 1.75. The third-order valence-corrected chi connectivity index (χ3v) is 2.42. The molecule has 1 unspecified atom stereocenters. The molecule has 3 heteroatoms. The molecular weight excluding hydrogens is 263 g/mol. The van der Waals surface area contributed by atoms with Gasteiger partial charge in [0.15, 0.2) is 0 Å². The summed E-state index contributed by atoms with van der Waals surface area (Å²) in [5.41, 5.74) is 0.784. The van der Waals surface area contributed by atoms with Crippen LogP contribution in [-0.4, -0.2) is 5.11 Å². The van der Waals surface area contributed by atoms with Crippen LogP contribution in [0.4, 0.5) is 0 Å². The van der Waals surface area contributed by atoms with E-state index in [0.29, 0.717) is 11.4 Å². The summed E-state index contributed by atoms with van der Waals surface area (Å²) in [7, 11) is 0. The summed E-state index contributed by atoms with van der Waals surface area (Å²) in [6, 6.07) is 5.37. The van der Waals surface area contributed by atoms with Gasteiger partial charge in [0.05, 0.1) is 6.10 Å². The van der Waals surface area contributed by atoms with Crippen LogP contribution in [0.2, 0.25) is 5.02 Å². The van der Waals surface area contributed by atoms with E-state index in [9.17, 15) is 5.11 Å². The van der Waals surface area contributed by atoms with Gasteiger partial charge in [-0.25, -0.2) is 0 Å². The molecule has 0 saturated carbocycles. The Morgan fingerprint density at radius 3 is 2.79 bits per heavy atom. The van der Waals surface area contributed by atoms with Crippen LogP contribution in [0.15, 0.2) is 22.7 Å². The van der Waals surface area contributed by atoms with Gasteiger partial charge in [-0.2, -0.15) is 0 Å². The molecule has 1 nitrogen and oxygen atoms in total. The molecule has 0 amide bonds. The molecule has 1 N–H and O–H groups in total. The largest absolute Gasteiger partial charge is 0.387 e. The van der Waals surface area contributed by atoms with E-state index in [2.05, 4.69) is 27.8 Å². The third kappa shape index (κ3) is 3.34. The minimum Gasteiger partial charge on any atom is -0.387 e. The molecule has 0 saturated heterocycles. The quantitative estimate of drug-likeness (QED) is 0.817. The Balaban J connectivity index is 2.87. The van der Waals surface area contributed by atoms with Gasteiger partial charge in [-0.15, -0.1) is 11.8 Å². The molecule has 1 aromatic carbocycles. The van der Waals surface area contributed by atoms with Crippen molar-refractivity contribution in [3.8, 4) is 11.8 Å². The fourth-order valence-electron chi connectivity index (χ4n) is 1.08. The van der Waals surface area contributed by atoms with E-state index in [-0.39, 0.29) is 0 Å². The molecule has 0 aromatic heterocycles. The summed E-state index contributed by atoms with van der Waals surface area (Å²) in [6.07, 6.45) is -0.138. The Kier molecular flexibility index (Phi) is 4.47. The lowest BCUT2D eigenvalue weighted by Gasteiger charge is -2.08. The fraction of sp³-hybridized carbons (Fsp3) is 0.273. The van der Waals surface area contributed by atoms with Gasteiger partial charge in [-0.1, -0.05) is 27.5 Å². The van der Waals surface area contributed by atoms with Crippen LogP contribution < -0.4 is 0 Å². The molecule has 0 aliphatic carbocycles. The predicted molar refractivity (Wildman–Crippen MR) is 62.2 cm³/mol. The average Bonchev–Trinajstić information content (AvgIpc) is 2.12. The van der Waals surface area contributed by atoms with Crippen LogP contribution in [-0.2, 0) is 0 Å². The van der Waals surface area contributed by atoms with Crippen LogP contribution in [0, 0.1) is 11.8 Å². The van der Waals surface area contributed by atoms with Crippen molar-refractivity contribution in [1.29, 1.82) is 0 Å². The first-order valence-corrected chi connectivity index (χ1v) is 5.34. The van der Waals surface area contributed by atoms with Crippen molar-refractivity contribution in [2.75, 3.05) is 0 Å². The van der Waals surface area contributed by atoms with Gasteiger partial charge in [-0.3, -0.25) is 0 Å². The number of hydrogen-bond acceptors (Lipinski definition) is 1. The first-order valence-electron chi connectivity index (χ1n) is 4.17. The van der Waals surface area contributed by atoms with Crippen LogP contribution >= 0.6 is 27.5 Å². The average molecular weight is 274 g/mol. The Bertz CT molecular complexity index is 358. The van der Waals surface area contributed by atoms with Crippen LogP contribution in [0.5, 0.6) is 0 Å². The molecule has 0 aliphatic heterocycles. The van der Waals surface area contributed by atoms with E-state index in [1.54, 1.807) is 19.1 Å². The van der Waals surface area contributed by atoms with Crippen molar-refractivity contribution in [3.63, 3.8) is 0 Å². The molecule has 1 rings (SSSR count). The monoisotopic (exact) mass is 272 g/mol. The SMILES string of the molecule is CC#CCC(O)c1cc(Cl)cc(Br)c1. The summed E-state index contributed by atoms with van der Waals surface area (Å²) in [5, 5.41) is 10.3. The fourth-order valence-corrected chi connectivity index (χ4v) is 1.97. The second-order valence-corrected chi connectivity index (χ2v) is 4.20. The van der Waals surface area contributed by atoms with E-state index < -0.39 is 6.10 Å². The smallest absolute Gasteiger partial charge is 0.0900 e. The Labute approximate surface area is 97.2 Å². The van der Waals surface area contributed by atoms with E-state index in [1.165, 1.54) is 0 Å². The topological polar surface area (TPSA) is 20.2 Å². The van der Waals surface area contributed by atoms with Crippen molar-refractivity contribution in [1.82, 2.24) is 0 Å². The number of benzene rings is 1. The molecule has 0 radical (unpaired) electrons. The highest BCUT2D eigenvalue weighted by Crippen LogP contribution is 2.25. The summed E-state index contributed by atoms with van der Waals surface area (Å²) in [5.74, 6) is 5.57. The Hall–Kier alpha value is -0.490. The van der Waals surface area contributed by atoms with E-state index in [1.807, 2.05) is 6.07 Å². The molecule has 0 aliphatic rings. The number of hydrogen-bond donors (Lipinski definition) is 1. The second kappa shape index (κ2) is 5.41. The maximum atomic E-state index is 9.72. The molecule has 0 fully saturated rings. The highest BCUT2D eigenvalue weighted by molar-refractivity contribution is 9.10. The zero-order valence-corrected chi connectivity index (χ0v) is 10.1. The number of rotatable bonds is 2. The Morgan fingerprint density at radius 1 is 1.50 bits per heavy atom. The van der Waals surface area contributed by atoms with E-state index in [0.717, 1.165) is 10.0 Å². The maximum absolute atomic E-state index is 9.72. The van der Waals surface area contributed by atoms with Crippen LogP contribution in [0.3, 0.4) is 0 Å². The molecule has 0 bridgehead atoms. The van der Waals surface area contributed by atoms with Crippen molar-refractivity contribution in [3.05, 3.63) is 33.3 Å². The van der Waals surface area contributed by atoms with Crippen molar-refractivity contribution in [2.24, 2.45) is 0 Å². The first kappa shape index (κ1) is 11.6. The lowest BCUT2D eigenvalue weighted by Crippen LogP contribution is -1.95. The molecular formula is C11H10BrClO. The highest BCUT2D eigenvalue weighted by Gasteiger charge is 2.07. The van der Waals surface area contributed by atoms with Gasteiger partial charge in [0.2, 0.25) is 0 Å². The zero-order valence-electron chi connectivity index (χ0n) is 7.72. The van der Waals surface area contributed by atoms with Gasteiger partial charge in [0.1, 0.15) is 0 Å². The standard InChI is InChI=1S/C11H10BrClO/c1-2-3-4-11(14)8-5-9(12)7-10(13)6-8/h5-7,11,14H,4H2,1H3. The summed E-state index contributed by atoms with van der Waals surface area (Å²) < 4.78 is 0.864. The normalized spacial score (nSPS) is 11.7. The first-order chi connectivity index (χ1) is 6.63. The van der Waals surface area contributed by atoms with Gasteiger partial charge < -0.3 is 5.11 Å². The minimum absolute atomic E-state index is 0.434. The van der Waals surface area contributed by atoms with Crippen LogP contribution in [0.1, 0.15) is 25.0 Å². The lowest BCUT2D eigenvalue weighted by molar-refractivity contribution is 0.184. The van der Waals surface area contributed by atoms with Crippen molar-refractivity contribution < 1.29 is 5.11 Å². The summed E-state index contributed by atoms with van der Waals surface area (Å²) >= 11 is 9.17. The lowest BCUT2D eigenvalue weighted by atomic mass is 10.1. The molecule has 0 heterocycles. The number of halogens is 2. The van der Waals surface area contributed by atoms with Crippen LogP contribution in [0.25, 0.3) is 0 Å². The third-order valence-electron chi connectivity index (χ3n) is 1.74. The van der Waals surface area contributed by atoms with E-state index >= 15 is 0 Å². The van der Waals surface area contributed by atoms with Crippen molar-refractivity contribution in [2.45, 2.75) is 19.4 Å². The van der Waals surface area contributed by atoms with Gasteiger partial charge >= 0.3 is 0 Å². The molecule has 14 heavy (non-hydrogen) atoms. The van der Waals surface area contributed by atoms with Gasteiger partial charge in [0.25, 0.3) is 0 Å². The molecule has 74 valence electrons. The van der Waals surface area contributed by atoms with Gasteiger partial charge in [0, 0.05) is 15.9 Å². The molecule has 1 aromatic rings. The van der Waals surface area contributed by atoms with Crippen molar-refractivity contribution >= 4 is 27.5 Å². The zero-order chi connectivity index (χ0) is 10.6.